The fourth-order valence-electron chi connectivity index (χ4n) is 5.49. The quantitative estimate of drug-likeness (QED) is 0.267. The van der Waals surface area contributed by atoms with Gasteiger partial charge in [-0.1, -0.05) is 12.1 Å². The van der Waals surface area contributed by atoms with E-state index in [2.05, 4.69) is 0 Å². The molecule has 0 fully saturated rings. The van der Waals surface area contributed by atoms with Gasteiger partial charge in [0.05, 0.1) is 76.5 Å². The van der Waals surface area contributed by atoms with Gasteiger partial charge >= 0.3 is 11.9 Å². The Labute approximate surface area is 234 Å². The zero-order chi connectivity index (χ0) is 29.6. The van der Waals surface area contributed by atoms with Crippen LogP contribution in [0.25, 0.3) is 21.5 Å². The van der Waals surface area contributed by atoms with Gasteiger partial charge in [0.2, 0.25) is 5.78 Å². The molecule has 4 aromatic rings. The molecular formula is C31H26O10. The molecule has 1 aliphatic carbocycles. The normalized spacial score (nSPS) is 12.0. The number of benzene rings is 4. The van der Waals surface area contributed by atoms with Gasteiger partial charge in [-0.15, -0.1) is 0 Å². The van der Waals surface area contributed by atoms with E-state index in [0.717, 1.165) is 0 Å². The molecule has 0 aliphatic heterocycles. The number of carbonyl (C=O) groups excluding carboxylic acids is 4. The van der Waals surface area contributed by atoms with Crippen molar-refractivity contribution in [3.8, 4) is 23.0 Å². The maximum absolute atomic E-state index is 14.3. The molecule has 0 atom stereocenters. The third-order valence-electron chi connectivity index (χ3n) is 7.25. The Kier molecular flexibility index (Phi) is 7.00. The lowest BCUT2D eigenvalue weighted by Gasteiger charge is -2.25. The lowest BCUT2D eigenvalue weighted by molar-refractivity contribution is -0.139. The molecule has 1 aliphatic rings. The van der Waals surface area contributed by atoms with Crippen LogP contribution in [-0.4, -0.2) is 66.2 Å². The van der Waals surface area contributed by atoms with Crippen LogP contribution in [-0.2, 0) is 20.7 Å². The average molecular weight is 559 g/mol. The molecule has 0 saturated heterocycles. The van der Waals surface area contributed by atoms with E-state index in [0.29, 0.717) is 16.5 Å². The molecule has 10 nitrogen and oxygen atoms in total. The molecule has 0 spiro atoms. The second kappa shape index (κ2) is 10.5. The summed E-state index contributed by atoms with van der Waals surface area (Å²) in [5, 5.41) is 1.64. The number of fused-ring (bicyclic) bond motifs is 4. The summed E-state index contributed by atoms with van der Waals surface area (Å²) in [5.41, 5.74) is 0.456. The molecule has 0 unspecified atom stereocenters. The van der Waals surface area contributed by atoms with Crippen molar-refractivity contribution in [3.63, 3.8) is 0 Å². The predicted molar refractivity (Wildman–Crippen MR) is 148 cm³/mol. The minimum absolute atomic E-state index is 0.0126. The fraction of sp³-hybridized carbons (Fsp3) is 0.226. The molecular weight excluding hydrogens is 532 g/mol. The Balaban J connectivity index is 1.93. The van der Waals surface area contributed by atoms with Gasteiger partial charge in [-0.3, -0.25) is 14.4 Å². The summed E-state index contributed by atoms with van der Waals surface area (Å²) in [6.45, 7) is 0. The van der Waals surface area contributed by atoms with E-state index in [1.807, 2.05) is 0 Å². The van der Waals surface area contributed by atoms with Gasteiger partial charge in [-0.25, -0.2) is 4.79 Å². The number of hydrogen-bond donors (Lipinski definition) is 0. The van der Waals surface area contributed by atoms with Crippen molar-refractivity contribution in [2.24, 2.45) is 0 Å². The summed E-state index contributed by atoms with van der Waals surface area (Å²) in [4.78, 5) is 53.7. The highest BCUT2D eigenvalue weighted by atomic mass is 16.5. The molecule has 0 saturated carbocycles. The summed E-state index contributed by atoms with van der Waals surface area (Å²) in [6.07, 6.45) is -0.270. The number of rotatable bonds is 7. The van der Waals surface area contributed by atoms with Gasteiger partial charge in [-0.2, -0.15) is 0 Å². The Morgan fingerprint density at radius 2 is 1.32 bits per heavy atom. The van der Waals surface area contributed by atoms with Crippen LogP contribution in [0.2, 0.25) is 0 Å². The van der Waals surface area contributed by atoms with Gasteiger partial charge in [0.1, 0.15) is 23.0 Å². The van der Waals surface area contributed by atoms with E-state index in [1.165, 1.54) is 54.8 Å². The monoisotopic (exact) mass is 558 g/mol. The van der Waals surface area contributed by atoms with E-state index >= 15 is 0 Å². The number of methoxy groups -OCH3 is 6. The summed E-state index contributed by atoms with van der Waals surface area (Å²) in [6, 6.07) is 9.83. The molecule has 0 radical (unpaired) electrons. The van der Waals surface area contributed by atoms with E-state index in [-0.39, 0.29) is 67.8 Å². The second-order valence-corrected chi connectivity index (χ2v) is 9.16. The van der Waals surface area contributed by atoms with Crippen molar-refractivity contribution in [2.75, 3.05) is 42.7 Å². The number of ether oxygens (including phenoxy) is 6. The van der Waals surface area contributed by atoms with Crippen LogP contribution in [0, 0.1) is 0 Å². The number of hydrogen-bond acceptors (Lipinski definition) is 10. The van der Waals surface area contributed by atoms with Crippen LogP contribution in [0.5, 0.6) is 23.0 Å². The molecule has 41 heavy (non-hydrogen) atoms. The molecule has 0 heterocycles. The predicted octanol–water partition coefficient (Wildman–Crippen LogP) is 4.30. The van der Waals surface area contributed by atoms with Crippen molar-refractivity contribution < 1.29 is 47.6 Å². The first-order valence-corrected chi connectivity index (χ1v) is 12.4. The second-order valence-electron chi connectivity index (χ2n) is 9.16. The summed E-state index contributed by atoms with van der Waals surface area (Å²) in [7, 11) is 8.10. The third kappa shape index (κ3) is 4.02. The lowest BCUT2D eigenvalue weighted by Crippen LogP contribution is -2.23. The Morgan fingerprint density at radius 1 is 0.683 bits per heavy atom. The van der Waals surface area contributed by atoms with Crippen LogP contribution in [0.3, 0.4) is 0 Å². The average Bonchev–Trinajstić information content (AvgIpc) is 3.00. The highest BCUT2D eigenvalue weighted by Gasteiger charge is 2.39. The molecule has 0 bridgehead atoms. The van der Waals surface area contributed by atoms with Gasteiger partial charge < -0.3 is 28.4 Å². The van der Waals surface area contributed by atoms with Crippen molar-refractivity contribution >= 4 is 45.0 Å². The summed E-state index contributed by atoms with van der Waals surface area (Å²) >= 11 is 0. The molecule has 0 aromatic heterocycles. The topological polar surface area (TPSA) is 124 Å². The standard InChI is InChI=1S/C31H26O10/c1-36-19-9-7-8-14-10-17-25(29(39-4)23(14)19)28(34)26-18(27(17)33)13-16-22(31(35)41-6)15(12-21(32)38-3)11-20(37-2)24(16)30(26)40-5/h7-11,13H,12H2,1-6H3. The van der Waals surface area contributed by atoms with Crippen molar-refractivity contribution in [2.45, 2.75) is 6.42 Å². The van der Waals surface area contributed by atoms with Crippen molar-refractivity contribution in [1.29, 1.82) is 0 Å². The third-order valence-corrected chi connectivity index (χ3v) is 7.25. The van der Waals surface area contributed by atoms with Gasteiger partial charge in [0.25, 0.3) is 0 Å². The van der Waals surface area contributed by atoms with Crippen LogP contribution in [0.4, 0.5) is 0 Å². The lowest BCUT2D eigenvalue weighted by atomic mass is 9.79. The minimum Gasteiger partial charge on any atom is -0.496 e. The van der Waals surface area contributed by atoms with Crippen LogP contribution >= 0.6 is 0 Å². The highest BCUT2D eigenvalue weighted by Crippen LogP contribution is 2.48. The summed E-state index contributed by atoms with van der Waals surface area (Å²) < 4.78 is 32.5. The van der Waals surface area contributed by atoms with Gasteiger partial charge in [0.15, 0.2) is 5.78 Å². The van der Waals surface area contributed by atoms with E-state index in [9.17, 15) is 19.2 Å². The first kappa shape index (κ1) is 27.4. The number of ketones is 2. The first-order chi connectivity index (χ1) is 19.8. The molecule has 5 rings (SSSR count). The first-order valence-electron chi connectivity index (χ1n) is 12.4. The smallest absolute Gasteiger partial charge is 0.338 e. The molecule has 10 heteroatoms. The van der Waals surface area contributed by atoms with Gasteiger partial charge in [0, 0.05) is 16.5 Å². The maximum Gasteiger partial charge on any atom is 0.338 e. The zero-order valence-electron chi connectivity index (χ0n) is 23.3. The van der Waals surface area contributed by atoms with E-state index in [4.69, 9.17) is 28.4 Å². The van der Waals surface area contributed by atoms with E-state index in [1.54, 1.807) is 24.3 Å². The number of esters is 2. The van der Waals surface area contributed by atoms with Crippen LogP contribution in [0.15, 0.2) is 36.4 Å². The largest absolute Gasteiger partial charge is 0.496 e. The van der Waals surface area contributed by atoms with Crippen LogP contribution < -0.4 is 18.9 Å². The van der Waals surface area contributed by atoms with Crippen molar-refractivity contribution in [1.82, 2.24) is 0 Å². The zero-order valence-corrected chi connectivity index (χ0v) is 23.3. The van der Waals surface area contributed by atoms with E-state index < -0.39 is 23.5 Å². The fourth-order valence-corrected chi connectivity index (χ4v) is 5.49. The van der Waals surface area contributed by atoms with Crippen LogP contribution in [0.1, 0.15) is 47.8 Å². The number of carbonyl (C=O) groups is 4. The molecule has 0 amide bonds. The molecule has 210 valence electrons. The molecule has 4 aromatic carbocycles. The SMILES string of the molecule is COC(=O)Cc1cc(OC)c2c(OC)c3c(cc2c1C(=O)OC)C(=O)c1cc2cccc(OC)c2c(OC)c1C3=O. The minimum atomic E-state index is -0.756. The van der Waals surface area contributed by atoms with Crippen molar-refractivity contribution in [3.05, 3.63) is 69.8 Å². The Morgan fingerprint density at radius 3 is 1.90 bits per heavy atom. The highest BCUT2D eigenvalue weighted by molar-refractivity contribution is 6.34. The summed E-state index contributed by atoms with van der Waals surface area (Å²) in [5.74, 6) is -1.45. The molecule has 0 N–H and O–H groups in total. The maximum atomic E-state index is 14.3. The Bertz CT molecular complexity index is 1800. The Hall–Kier alpha value is -5.12. The van der Waals surface area contributed by atoms with Gasteiger partial charge in [-0.05, 0) is 35.2 Å².